The predicted molar refractivity (Wildman–Crippen MR) is 118 cm³/mol. The SMILES string of the molecule is O=S(=O)(Nc1ccc(Cl)cc1)c1ccc(NC(=S)NCc2ccc(F)cc2)cc1. The Hall–Kier alpha value is -2.68. The summed E-state index contributed by atoms with van der Waals surface area (Å²) in [5.41, 5.74) is 1.93. The van der Waals surface area contributed by atoms with Crippen LogP contribution < -0.4 is 15.4 Å². The van der Waals surface area contributed by atoms with Gasteiger partial charge in [0.15, 0.2) is 5.11 Å². The van der Waals surface area contributed by atoms with Crippen molar-refractivity contribution < 1.29 is 12.8 Å². The fourth-order valence-corrected chi connectivity index (χ4v) is 3.78. The molecule has 3 aromatic rings. The first-order valence-corrected chi connectivity index (χ1v) is 10.8. The molecule has 0 bridgehead atoms. The Morgan fingerprint density at radius 1 is 0.897 bits per heavy atom. The minimum Gasteiger partial charge on any atom is -0.358 e. The number of benzene rings is 3. The maximum atomic E-state index is 12.9. The van der Waals surface area contributed by atoms with E-state index < -0.39 is 10.0 Å². The lowest BCUT2D eigenvalue weighted by Gasteiger charge is -2.12. The highest BCUT2D eigenvalue weighted by Gasteiger charge is 2.14. The molecule has 3 N–H and O–H groups in total. The number of nitrogens with one attached hydrogen (secondary N) is 3. The summed E-state index contributed by atoms with van der Waals surface area (Å²) in [6.45, 7) is 0.434. The Labute approximate surface area is 179 Å². The molecule has 0 fully saturated rings. The van der Waals surface area contributed by atoms with E-state index in [1.54, 1.807) is 48.5 Å². The highest BCUT2D eigenvalue weighted by Crippen LogP contribution is 2.20. The fourth-order valence-electron chi connectivity index (χ4n) is 2.41. The molecular weight excluding hydrogens is 433 g/mol. The normalized spacial score (nSPS) is 11.0. The van der Waals surface area contributed by atoms with Crippen LogP contribution in [0.15, 0.2) is 77.7 Å². The smallest absolute Gasteiger partial charge is 0.261 e. The topological polar surface area (TPSA) is 70.2 Å². The summed E-state index contributed by atoms with van der Waals surface area (Å²) in [5.74, 6) is -0.296. The highest BCUT2D eigenvalue weighted by molar-refractivity contribution is 7.92. The molecule has 0 aliphatic rings. The molecule has 0 amide bonds. The number of hydrogen-bond acceptors (Lipinski definition) is 3. The van der Waals surface area contributed by atoms with Crippen LogP contribution in [0.3, 0.4) is 0 Å². The zero-order valence-electron chi connectivity index (χ0n) is 15.0. The van der Waals surface area contributed by atoms with Gasteiger partial charge in [-0.15, -0.1) is 0 Å². The molecule has 0 aliphatic heterocycles. The van der Waals surface area contributed by atoms with E-state index in [0.717, 1.165) is 5.56 Å². The lowest BCUT2D eigenvalue weighted by Crippen LogP contribution is -2.27. The van der Waals surface area contributed by atoms with Crippen LogP contribution in [-0.2, 0) is 16.6 Å². The molecule has 9 heteroatoms. The van der Waals surface area contributed by atoms with Crippen LogP contribution in [0, 0.1) is 5.82 Å². The van der Waals surface area contributed by atoms with Crippen molar-refractivity contribution in [3.63, 3.8) is 0 Å². The monoisotopic (exact) mass is 449 g/mol. The van der Waals surface area contributed by atoms with Crippen molar-refractivity contribution in [1.82, 2.24) is 5.32 Å². The first-order chi connectivity index (χ1) is 13.8. The van der Waals surface area contributed by atoms with Crippen LogP contribution in [0.1, 0.15) is 5.56 Å². The average molecular weight is 450 g/mol. The van der Waals surface area contributed by atoms with E-state index in [9.17, 15) is 12.8 Å². The van der Waals surface area contributed by atoms with Crippen LogP contribution in [0.4, 0.5) is 15.8 Å². The average Bonchev–Trinajstić information content (AvgIpc) is 2.70. The molecule has 0 saturated carbocycles. The third-order valence-corrected chi connectivity index (χ3v) is 5.78. The van der Waals surface area contributed by atoms with Gasteiger partial charge in [-0.2, -0.15) is 0 Å². The molecule has 0 radical (unpaired) electrons. The number of sulfonamides is 1. The van der Waals surface area contributed by atoms with Gasteiger partial charge in [0.1, 0.15) is 5.82 Å². The number of anilines is 2. The Morgan fingerprint density at radius 3 is 2.10 bits per heavy atom. The number of thiocarbonyl (C=S) groups is 1. The van der Waals surface area contributed by atoms with E-state index in [1.165, 1.54) is 24.3 Å². The van der Waals surface area contributed by atoms with Gasteiger partial charge in [-0.25, -0.2) is 12.8 Å². The molecule has 0 unspecified atom stereocenters. The van der Waals surface area contributed by atoms with Gasteiger partial charge < -0.3 is 10.6 Å². The molecule has 0 aromatic heterocycles. The largest absolute Gasteiger partial charge is 0.358 e. The molecule has 0 atom stereocenters. The number of halogens is 2. The van der Waals surface area contributed by atoms with Crippen LogP contribution in [-0.4, -0.2) is 13.5 Å². The van der Waals surface area contributed by atoms with Crippen molar-refractivity contribution in [3.05, 3.63) is 89.2 Å². The molecule has 0 spiro atoms. The van der Waals surface area contributed by atoms with Gasteiger partial charge in [-0.05, 0) is 78.4 Å². The standard InChI is InChI=1S/C20H17ClFN3O2S2/c21-15-3-7-18(8-4-15)25-29(26,27)19-11-9-17(10-12-19)24-20(28)23-13-14-1-5-16(22)6-2-14/h1-12,25H,13H2,(H2,23,24,28). The molecule has 3 rings (SSSR count). The number of rotatable bonds is 6. The Kier molecular flexibility index (Phi) is 6.68. The Morgan fingerprint density at radius 2 is 1.48 bits per heavy atom. The lowest BCUT2D eigenvalue weighted by molar-refractivity contribution is 0.601. The second kappa shape index (κ2) is 9.21. The number of hydrogen-bond donors (Lipinski definition) is 3. The third-order valence-electron chi connectivity index (χ3n) is 3.89. The van der Waals surface area contributed by atoms with E-state index in [1.807, 2.05) is 0 Å². The van der Waals surface area contributed by atoms with Gasteiger partial charge in [0.05, 0.1) is 4.90 Å². The van der Waals surface area contributed by atoms with Crippen molar-refractivity contribution in [1.29, 1.82) is 0 Å². The minimum absolute atomic E-state index is 0.114. The van der Waals surface area contributed by atoms with Crippen molar-refractivity contribution in [2.45, 2.75) is 11.4 Å². The Bertz CT molecular complexity index is 1090. The van der Waals surface area contributed by atoms with Crippen molar-refractivity contribution in [2.75, 3.05) is 10.0 Å². The van der Waals surface area contributed by atoms with Crippen LogP contribution >= 0.6 is 23.8 Å². The molecule has 5 nitrogen and oxygen atoms in total. The third kappa shape index (κ3) is 6.15. The summed E-state index contributed by atoms with van der Waals surface area (Å²) < 4.78 is 40.4. The fraction of sp³-hybridized carbons (Fsp3) is 0.0500. The molecule has 150 valence electrons. The molecule has 0 saturated heterocycles. The van der Waals surface area contributed by atoms with Gasteiger partial charge in [0.2, 0.25) is 0 Å². The van der Waals surface area contributed by atoms with Gasteiger partial charge in [-0.3, -0.25) is 4.72 Å². The first kappa shape index (κ1) is 21.0. The summed E-state index contributed by atoms with van der Waals surface area (Å²) in [6, 6.07) is 18.6. The van der Waals surface area contributed by atoms with Gasteiger partial charge in [-0.1, -0.05) is 23.7 Å². The molecule has 3 aromatic carbocycles. The summed E-state index contributed by atoms with van der Waals surface area (Å²) in [6.07, 6.45) is 0. The van der Waals surface area contributed by atoms with Crippen LogP contribution in [0.25, 0.3) is 0 Å². The summed E-state index contributed by atoms with van der Waals surface area (Å²) >= 11 is 11.0. The summed E-state index contributed by atoms with van der Waals surface area (Å²) in [5, 5.41) is 6.87. The van der Waals surface area contributed by atoms with E-state index in [2.05, 4.69) is 15.4 Å². The lowest BCUT2D eigenvalue weighted by atomic mass is 10.2. The van der Waals surface area contributed by atoms with E-state index in [-0.39, 0.29) is 10.7 Å². The van der Waals surface area contributed by atoms with Crippen LogP contribution in [0.5, 0.6) is 0 Å². The van der Waals surface area contributed by atoms with Gasteiger partial charge in [0.25, 0.3) is 10.0 Å². The molecule has 0 aliphatic carbocycles. The maximum absolute atomic E-state index is 12.9. The zero-order valence-corrected chi connectivity index (χ0v) is 17.4. The summed E-state index contributed by atoms with van der Waals surface area (Å²) in [7, 11) is -3.72. The van der Waals surface area contributed by atoms with Gasteiger partial charge >= 0.3 is 0 Å². The summed E-state index contributed by atoms with van der Waals surface area (Å²) in [4.78, 5) is 0.114. The van der Waals surface area contributed by atoms with Crippen molar-refractivity contribution in [2.24, 2.45) is 0 Å². The second-order valence-corrected chi connectivity index (χ2v) is 8.60. The van der Waals surface area contributed by atoms with E-state index in [0.29, 0.717) is 28.1 Å². The predicted octanol–water partition coefficient (Wildman–Crippen LogP) is 4.77. The zero-order chi connectivity index (χ0) is 20.9. The van der Waals surface area contributed by atoms with Crippen LogP contribution in [0.2, 0.25) is 5.02 Å². The van der Waals surface area contributed by atoms with Gasteiger partial charge in [0, 0.05) is 22.9 Å². The minimum atomic E-state index is -3.72. The van der Waals surface area contributed by atoms with Crippen molar-refractivity contribution >= 4 is 50.3 Å². The van der Waals surface area contributed by atoms with E-state index >= 15 is 0 Å². The molecule has 29 heavy (non-hydrogen) atoms. The molecular formula is C20H17ClFN3O2S2. The van der Waals surface area contributed by atoms with Crippen molar-refractivity contribution in [3.8, 4) is 0 Å². The maximum Gasteiger partial charge on any atom is 0.261 e. The quantitative estimate of drug-likeness (QED) is 0.473. The highest BCUT2D eigenvalue weighted by atomic mass is 35.5. The Balaban J connectivity index is 1.58. The van der Waals surface area contributed by atoms with E-state index in [4.69, 9.17) is 23.8 Å². The second-order valence-electron chi connectivity index (χ2n) is 6.07. The molecule has 0 heterocycles. The first-order valence-electron chi connectivity index (χ1n) is 8.49.